The third-order valence-corrected chi connectivity index (χ3v) is 9.19. The van der Waals surface area contributed by atoms with E-state index in [4.69, 9.17) is 4.74 Å². The first-order chi connectivity index (χ1) is 17.9. The summed E-state index contributed by atoms with van der Waals surface area (Å²) in [7, 11) is -2.02. The van der Waals surface area contributed by atoms with Gasteiger partial charge in [-0.05, 0) is 69.3 Å². The summed E-state index contributed by atoms with van der Waals surface area (Å²) in [6.45, 7) is 5.01. The van der Waals surface area contributed by atoms with Crippen LogP contribution in [0, 0.1) is 0 Å². The maximum atomic E-state index is 13.0. The van der Waals surface area contributed by atoms with Crippen LogP contribution in [0.1, 0.15) is 61.4 Å². The summed E-state index contributed by atoms with van der Waals surface area (Å²) in [5.41, 5.74) is 1.40. The number of likely N-dealkylation sites (N-methyl/N-ethyl adjacent to an activating group) is 1. The number of amides is 1. The van der Waals surface area contributed by atoms with Gasteiger partial charge in [0, 0.05) is 30.6 Å². The second kappa shape index (κ2) is 12.4. The molecule has 4 rings (SSSR count). The number of likely N-dealkylation sites (tertiary alicyclic amines) is 1. The lowest BCUT2D eigenvalue weighted by atomic mass is 9.68. The zero-order valence-corrected chi connectivity index (χ0v) is 22.7. The predicted octanol–water partition coefficient (Wildman–Crippen LogP) is 3.21. The molecule has 1 saturated heterocycles. The maximum Gasteiger partial charge on any atom is 0.277 e. The Bertz CT molecular complexity index is 1130. The number of benzene rings is 2. The van der Waals surface area contributed by atoms with Crippen LogP contribution in [0.5, 0.6) is 5.75 Å². The van der Waals surface area contributed by atoms with Crippen LogP contribution in [0.2, 0.25) is 0 Å². The number of carbonyl (C=O) groups excluding carboxylic acids is 1. The van der Waals surface area contributed by atoms with Gasteiger partial charge in [-0.3, -0.25) is 9.69 Å². The standard InChI is InChI=1S/C28H40N4O4S/c1-3-32-19-9-12-24(32)20-30-37(34,35)31-23-15-17-28(18-16-23,22-10-5-4-6-11-22)21-29-27(33)25-13-7-8-14-26(25)36-2/h4-8,10-11,13-14,23-24,30-31H,3,9,12,15-21H2,1-2H3,(H,29,33)/t23-,24?,28-. The Labute approximate surface area is 221 Å². The van der Waals surface area contributed by atoms with Crippen molar-refractivity contribution in [1.29, 1.82) is 0 Å². The van der Waals surface area contributed by atoms with E-state index in [2.05, 4.69) is 38.7 Å². The Hall–Kier alpha value is -2.46. The molecule has 9 heteroatoms. The molecule has 2 aliphatic rings. The fourth-order valence-electron chi connectivity index (χ4n) is 5.83. The van der Waals surface area contributed by atoms with E-state index in [-0.39, 0.29) is 23.4 Å². The van der Waals surface area contributed by atoms with Crippen LogP contribution in [0.25, 0.3) is 0 Å². The van der Waals surface area contributed by atoms with Gasteiger partial charge in [-0.15, -0.1) is 0 Å². The van der Waals surface area contributed by atoms with Gasteiger partial charge in [0.25, 0.3) is 16.1 Å². The molecule has 1 aliphatic carbocycles. The average Bonchev–Trinajstić information content (AvgIpc) is 3.40. The summed E-state index contributed by atoms with van der Waals surface area (Å²) in [6.07, 6.45) is 5.08. The summed E-state index contributed by atoms with van der Waals surface area (Å²) in [4.78, 5) is 15.4. The van der Waals surface area contributed by atoms with E-state index in [0.29, 0.717) is 37.2 Å². The highest BCUT2D eigenvalue weighted by Gasteiger charge is 2.38. The summed E-state index contributed by atoms with van der Waals surface area (Å²) in [6, 6.07) is 17.5. The molecule has 2 aromatic carbocycles. The lowest BCUT2D eigenvalue weighted by Gasteiger charge is -2.41. The van der Waals surface area contributed by atoms with Gasteiger partial charge in [0.2, 0.25) is 0 Å². The Morgan fingerprint density at radius 3 is 2.46 bits per heavy atom. The first-order valence-corrected chi connectivity index (χ1v) is 14.8. The lowest BCUT2D eigenvalue weighted by molar-refractivity contribution is 0.0932. The van der Waals surface area contributed by atoms with Crippen LogP contribution in [-0.2, 0) is 15.6 Å². The molecule has 0 radical (unpaired) electrons. The summed E-state index contributed by atoms with van der Waals surface area (Å²) in [5, 5.41) is 3.13. The van der Waals surface area contributed by atoms with Gasteiger partial charge in [-0.1, -0.05) is 49.4 Å². The molecule has 37 heavy (non-hydrogen) atoms. The van der Waals surface area contributed by atoms with Crippen molar-refractivity contribution in [2.75, 3.05) is 33.3 Å². The fourth-order valence-corrected chi connectivity index (χ4v) is 7.00. The highest BCUT2D eigenvalue weighted by molar-refractivity contribution is 7.87. The van der Waals surface area contributed by atoms with E-state index in [1.54, 1.807) is 19.2 Å². The molecule has 1 saturated carbocycles. The van der Waals surface area contributed by atoms with Gasteiger partial charge in [0.15, 0.2) is 0 Å². The SMILES string of the molecule is CCN1CCCC1CNS(=O)(=O)N[C@H]1CC[C@](CNC(=O)c2ccccc2OC)(c2ccccc2)CC1. The van der Waals surface area contributed by atoms with Gasteiger partial charge in [-0.2, -0.15) is 13.1 Å². The van der Waals surface area contributed by atoms with Gasteiger partial charge in [-0.25, -0.2) is 4.72 Å². The van der Waals surface area contributed by atoms with Gasteiger partial charge >= 0.3 is 0 Å². The lowest BCUT2D eigenvalue weighted by Crippen LogP contribution is -2.50. The zero-order chi connectivity index (χ0) is 26.3. The Morgan fingerprint density at radius 2 is 1.76 bits per heavy atom. The molecule has 1 heterocycles. The van der Waals surface area contributed by atoms with Crippen molar-refractivity contribution in [3.63, 3.8) is 0 Å². The van der Waals surface area contributed by atoms with E-state index < -0.39 is 10.2 Å². The summed E-state index contributed by atoms with van der Waals surface area (Å²) < 4.78 is 36.6. The number of nitrogens with one attached hydrogen (secondary N) is 3. The third-order valence-electron chi connectivity index (χ3n) is 8.00. The van der Waals surface area contributed by atoms with E-state index >= 15 is 0 Å². The minimum atomic E-state index is -3.58. The number of methoxy groups -OCH3 is 1. The largest absolute Gasteiger partial charge is 0.496 e. The number of hydrogen-bond acceptors (Lipinski definition) is 5. The highest BCUT2D eigenvalue weighted by atomic mass is 32.2. The Morgan fingerprint density at radius 1 is 1.05 bits per heavy atom. The first-order valence-electron chi connectivity index (χ1n) is 13.3. The number of para-hydroxylation sites is 1. The molecule has 0 bridgehead atoms. The third kappa shape index (κ3) is 6.90. The molecule has 1 unspecified atom stereocenters. The topological polar surface area (TPSA) is 99.8 Å². The molecule has 8 nitrogen and oxygen atoms in total. The molecule has 0 aromatic heterocycles. The molecule has 202 valence electrons. The van der Waals surface area contributed by atoms with E-state index in [1.165, 1.54) is 0 Å². The van der Waals surface area contributed by atoms with Crippen LogP contribution in [0.3, 0.4) is 0 Å². The number of rotatable bonds is 11. The Kier molecular flexibility index (Phi) is 9.23. The van der Waals surface area contributed by atoms with Crippen molar-refractivity contribution >= 4 is 16.1 Å². The van der Waals surface area contributed by atoms with Crippen molar-refractivity contribution < 1.29 is 17.9 Å². The van der Waals surface area contributed by atoms with Crippen molar-refractivity contribution in [3.8, 4) is 5.75 Å². The van der Waals surface area contributed by atoms with Gasteiger partial charge < -0.3 is 10.1 Å². The molecule has 1 amide bonds. The number of ether oxygens (including phenoxy) is 1. The van der Waals surface area contributed by atoms with Crippen molar-refractivity contribution in [2.24, 2.45) is 0 Å². The Balaban J connectivity index is 1.38. The van der Waals surface area contributed by atoms with Crippen LogP contribution in [0.15, 0.2) is 54.6 Å². The average molecular weight is 529 g/mol. The number of hydrogen-bond donors (Lipinski definition) is 3. The predicted molar refractivity (Wildman–Crippen MR) is 146 cm³/mol. The second-order valence-corrected chi connectivity index (χ2v) is 11.7. The van der Waals surface area contributed by atoms with E-state index in [1.807, 2.05) is 30.3 Å². The first kappa shape index (κ1) is 27.6. The van der Waals surface area contributed by atoms with Crippen LogP contribution >= 0.6 is 0 Å². The fraction of sp³-hybridized carbons (Fsp3) is 0.536. The van der Waals surface area contributed by atoms with Crippen molar-refractivity contribution in [3.05, 3.63) is 65.7 Å². The van der Waals surface area contributed by atoms with Crippen molar-refractivity contribution in [1.82, 2.24) is 19.7 Å². The van der Waals surface area contributed by atoms with E-state index in [0.717, 1.165) is 44.3 Å². The summed E-state index contributed by atoms with van der Waals surface area (Å²) >= 11 is 0. The monoisotopic (exact) mass is 528 g/mol. The minimum absolute atomic E-state index is 0.134. The van der Waals surface area contributed by atoms with E-state index in [9.17, 15) is 13.2 Å². The minimum Gasteiger partial charge on any atom is -0.496 e. The molecular weight excluding hydrogens is 488 g/mol. The zero-order valence-electron chi connectivity index (χ0n) is 21.9. The van der Waals surface area contributed by atoms with Crippen molar-refractivity contribution in [2.45, 2.75) is 62.9 Å². The normalized spacial score (nSPS) is 24.6. The van der Waals surface area contributed by atoms with Crippen LogP contribution < -0.4 is 19.5 Å². The smallest absolute Gasteiger partial charge is 0.277 e. The molecular formula is C28H40N4O4S. The maximum absolute atomic E-state index is 13.0. The number of nitrogens with zero attached hydrogens (tertiary/aromatic N) is 1. The van der Waals surface area contributed by atoms with Gasteiger partial charge in [0.05, 0.1) is 12.7 Å². The molecule has 2 fully saturated rings. The van der Waals surface area contributed by atoms with Gasteiger partial charge in [0.1, 0.15) is 5.75 Å². The molecule has 1 atom stereocenters. The highest BCUT2D eigenvalue weighted by Crippen LogP contribution is 2.39. The van der Waals surface area contributed by atoms with Crippen LogP contribution in [-0.4, -0.2) is 64.6 Å². The molecule has 3 N–H and O–H groups in total. The summed E-state index contributed by atoms with van der Waals surface area (Å²) in [5.74, 6) is 0.367. The van der Waals surface area contributed by atoms with Crippen LogP contribution in [0.4, 0.5) is 0 Å². The second-order valence-electron chi connectivity index (χ2n) is 10.2. The molecule has 2 aromatic rings. The number of carbonyl (C=O) groups is 1. The molecule has 0 spiro atoms. The molecule has 1 aliphatic heterocycles. The quantitative estimate of drug-likeness (QED) is 0.416.